The number of nitrogens with one attached hydrogen (secondary N) is 1. The number of hydrogen-bond acceptors (Lipinski definition) is 2. The van der Waals surface area contributed by atoms with Gasteiger partial charge >= 0.3 is 6.03 Å². The molecule has 2 amide bonds. The largest absolute Gasteiger partial charge is 0.396 e. The number of benzene rings is 1. The highest BCUT2D eigenvalue weighted by Crippen LogP contribution is 2.28. The zero-order chi connectivity index (χ0) is 14.5. The van der Waals surface area contributed by atoms with Gasteiger partial charge in [-0.15, -0.1) is 0 Å². The maximum Gasteiger partial charge on any atom is 0.322 e. The molecule has 4 nitrogen and oxygen atoms in total. The fourth-order valence-corrected chi connectivity index (χ4v) is 2.15. The fourth-order valence-electron chi connectivity index (χ4n) is 2.15. The molecular weight excluding hydrogens is 259 g/mol. The van der Waals surface area contributed by atoms with Crippen molar-refractivity contribution < 1.29 is 14.3 Å². The quantitative estimate of drug-likeness (QED) is 0.787. The molecule has 2 rings (SSSR count). The molecule has 110 valence electrons. The van der Waals surface area contributed by atoms with Crippen molar-refractivity contribution in [2.75, 3.05) is 18.5 Å². The van der Waals surface area contributed by atoms with Gasteiger partial charge < -0.3 is 15.3 Å². The number of urea groups is 1. The summed E-state index contributed by atoms with van der Waals surface area (Å²) in [6, 6.07) is 4.73. The van der Waals surface area contributed by atoms with Crippen LogP contribution in [0.5, 0.6) is 0 Å². The minimum atomic E-state index is -0.273. The van der Waals surface area contributed by atoms with E-state index >= 15 is 0 Å². The lowest BCUT2D eigenvalue weighted by Gasteiger charge is -2.23. The van der Waals surface area contributed by atoms with Crippen LogP contribution in [0.25, 0.3) is 0 Å². The second-order valence-corrected chi connectivity index (χ2v) is 5.25. The van der Waals surface area contributed by atoms with Crippen molar-refractivity contribution in [3.63, 3.8) is 0 Å². The topological polar surface area (TPSA) is 52.6 Å². The molecule has 0 heterocycles. The Morgan fingerprint density at radius 3 is 2.80 bits per heavy atom. The SMILES string of the molecule is Cc1cc(NC(=O)N(CCCCO)C2CC2)ccc1F. The van der Waals surface area contributed by atoms with Crippen molar-refractivity contribution in [3.8, 4) is 0 Å². The van der Waals surface area contributed by atoms with Crippen LogP contribution in [0.4, 0.5) is 14.9 Å². The van der Waals surface area contributed by atoms with E-state index in [2.05, 4.69) is 5.32 Å². The first-order valence-corrected chi connectivity index (χ1v) is 7.06. The maximum absolute atomic E-state index is 13.2. The van der Waals surface area contributed by atoms with Gasteiger partial charge in [0.1, 0.15) is 5.82 Å². The number of aryl methyl sites for hydroxylation is 1. The number of amides is 2. The van der Waals surface area contributed by atoms with E-state index in [1.54, 1.807) is 19.1 Å². The van der Waals surface area contributed by atoms with E-state index < -0.39 is 0 Å². The third-order valence-electron chi connectivity index (χ3n) is 3.46. The summed E-state index contributed by atoms with van der Waals surface area (Å²) in [7, 11) is 0. The van der Waals surface area contributed by atoms with Crippen LogP contribution in [0.3, 0.4) is 0 Å². The van der Waals surface area contributed by atoms with Crippen molar-refractivity contribution in [1.29, 1.82) is 0 Å². The number of anilines is 1. The number of aliphatic hydroxyl groups excluding tert-OH is 1. The molecule has 1 fully saturated rings. The molecule has 1 aromatic carbocycles. The predicted octanol–water partition coefficient (Wildman–Crippen LogP) is 2.90. The van der Waals surface area contributed by atoms with Crippen LogP contribution in [0, 0.1) is 12.7 Å². The van der Waals surface area contributed by atoms with Crippen molar-refractivity contribution in [2.45, 2.75) is 38.6 Å². The first-order chi connectivity index (χ1) is 9.61. The first-order valence-electron chi connectivity index (χ1n) is 7.06. The molecule has 1 saturated carbocycles. The predicted molar refractivity (Wildman–Crippen MR) is 76.2 cm³/mol. The second-order valence-electron chi connectivity index (χ2n) is 5.25. The molecule has 5 heteroatoms. The van der Waals surface area contributed by atoms with E-state index in [-0.39, 0.29) is 18.5 Å². The zero-order valence-electron chi connectivity index (χ0n) is 11.7. The third kappa shape index (κ3) is 3.93. The van der Waals surface area contributed by atoms with Gasteiger partial charge in [-0.2, -0.15) is 0 Å². The van der Waals surface area contributed by atoms with E-state index in [9.17, 15) is 9.18 Å². The van der Waals surface area contributed by atoms with Crippen LogP contribution in [-0.4, -0.2) is 35.2 Å². The highest BCUT2D eigenvalue weighted by Gasteiger charge is 2.32. The van der Waals surface area contributed by atoms with E-state index in [0.717, 1.165) is 19.3 Å². The highest BCUT2D eigenvalue weighted by molar-refractivity contribution is 5.89. The monoisotopic (exact) mass is 280 g/mol. The van der Waals surface area contributed by atoms with E-state index in [0.29, 0.717) is 30.3 Å². The van der Waals surface area contributed by atoms with Crippen molar-refractivity contribution in [1.82, 2.24) is 4.90 Å². The van der Waals surface area contributed by atoms with E-state index in [1.165, 1.54) is 6.07 Å². The minimum absolute atomic E-state index is 0.142. The van der Waals surface area contributed by atoms with Crippen LogP contribution < -0.4 is 5.32 Å². The Balaban J connectivity index is 1.95. The molecule has 0 aromatic heterocycles. The van der Waals surface area contributed by atoms with Crippen LogP contribution in [0.15, 0.2) is 18.2 Å². The Hall–Kier alpha value is -1.62. The molecule has 0 radical (unpaired) electrons. The minimum Gasteiger partial charge on any atom is -0.396 e. The second kappa shape index (κ2) is 6.70. The van der Waals surface area contributed by atoms with Crippen LogP contribution in [-0.2, 0) is 0 Å². The Kier molecular flexibility index (Phi) is 4.95. The van der Waals surface area contributed by atoms with Gasteiger partial charge in [-0.05, 0) is 56.4 Å². The molecule has 0 saturated heterocycles. The number of nitrogens with zero attached hydrogens (tertiary/aromatic N) is 1. The van der Waals surface area contributed by atoms with Crippen LogP contribution in [0.1, 0.15) is 31.2 Å². The molecule has 0 aliphatic heterocycles. The summed E-state index contributed by atoms with van der Waals surface area (Å²) in [5, 5.41) is 11.6. The van der Waals surface area contributed by atoms with E-state index in [4.69, 9.17) is 5.11 Å². The number of rotatable bonds is 6. The zero-order valence-corrected chi connectivity index (χ0v) is 11.7. The molecule has 0 spiro atoms. The standard InChI is InChI=1S/C15H21FN2O2/c1-11-10-12(4-7-14(11)16)17-15(20)18(13-5-6-13)8-2-3-9-19/h4,7,10,13,19H,2-3,5-6,8-9H2,1H3,(H,17,20). The Labute approximate surface area is 118 Å². The van der Waals surface area contributed by atoms with Gasteiger partial charge in [0.05, 0.1) is 0 Å². The van der Waals surface area contributed by atoms with Crippen molar-refractivity contribution in [2.24, 2.45) is 0 Å². The molecule has 1 aliphatic carbocycles. The van der Waals surface area contributed by atoms with Gasteiger partial charge in [-0.1, -0.05) is 0 Å². The number of halogens is 1. The Bertz CT molecular complexity index is 475. The molecule has 0 bridgehead atoms. The summed E-state index contributed by atoms with van der Waals surface area (Å²) in [5.74, 6) is -0.273. The average molecular weight is 280 g/mol. The number of carbonyl (C=O) groups is 1. The number of unbranched alkanes of at least 4 members (excludes halogenated alkanes) is 1. The molecule has 20 heavy (non-hydrogen) atoms. The number of hydrogen-bond donors (Lipinski definition) is 2. The van der Waals surface area contributed by atoms with Crippen LogP contribution >= 0.6 is 0 Å². The molecule has 0 unspecified atom stereocenters. The fraction of sp³-hybridized carbons (Fsp3) is 0.533. The summed E-state index contributed by atoms with van der Waals surface area (Å²) in [6.07, 6.45) is 3.57. The lowest BCUT2D eigenvalue weighted by atomic mass is 10.2. The van der Waals surface area contributed by atoms with Crippen LogP contribution in [0.2, 0.25) is 0 Å². The first kappa shape index (κ1) is 14.8. The molecule has 1 aliphatic rings. The van der Waals surface area contributed by atoms with Gasteiger partial charge in [-0.25, -0.2) is 9.18 Å². The van der Waals surface area contributed by atoms with Gasteiger partial charge in [0, 0.05) is 24.9 Å². The Morgan fingerprint density at radius 2 is 2.20 bits per heavy atom. The molecular formula is C15H21FN2O2. The summed E-state index contributed by atoms with van der Waals surface area (Å²) in [5.41, 5.74) is 1.13. The van der Waals surface area contributed by atoms with E-state index in [1.807, 2.05) is 4.90 Å². The molecule has 1 aromatic rings. The summed E-state index contributed by atoms with van der Waals surface area (Å²) in [6.45, 7) is 2.47. The average Bonchev–Trinajstić information content (AvgIpc) is 3.23. The van der Waals surface area contributed by atoms with Gasteiger partial charge in [0.15, 0.2) is 0 Å². The highest BCUT2D eigenvalue weighted by atomic mass is 19.1. The maximum atomic E-state index is 13.2. The number of carbonyl (C=O) groups excluding carboxylic acids is 1. The normalized spacial score (nSPS) is 14.2. The summed E-state index contributed by atoms with van der Waals surface area (Å²) < 4.78 is 13.2. The van der Waals surface area contributed by atoms with Crippen molar-refractivity contribution in [3.05, 3.63) is 29.6 Å². The molecule has 2 N–H and O–H groups in total. The Morgan fingerprint density at radius 1 is 1.45 bits per heavy atom. The number of aliphatic hydroxyl groups is 1. The van der Waals surface area contributed by atoms with Crippen molar-refractivity contribution >= 4 is 11.7 Å². The van der Waals surface area contributed by atoms with Gasteiger partial charge in [-0.3, -0.25) is 0 Å². The summed E-state index contributed by atoms with van der Waals surface area (Å²) in [4.78, 5) is 14.1. The lowest BCUT2D eigenvalue weighted by Crippen LogP contribution is -2.37. The third-order valence-corrected chi connectivity index (χ3v) is 3.46. The van der Waals surface area contributed by atoms with Gasteiger partial charge in [0.2, 0.25) is 0 Å². The smallest absolute Gasteiger partial charge is 0.322 e. The molecule has 0 atom stereocenters. The van der Waals surface area contributed by atoms with Gasteiger partial charge in [0.25, 0.3) is 0 Å². The lowest BCUT2D eigenvalue weighted by molar-refractivity contribution is 0.204. The summed E-state index contributed by atoms with van der Waals surface area (Å²) >= 11 is 0.